The Balaban J connectivity index is 1.64. The summed E-state index contributed by atoms with van der Waals surface area (Å²) < 4.78 is 7.96. The number of carbonyl (C=O) groups excluding carboxylic acids is 1. The van der Waals surface area contributed by atoms with Crippen LogP contribution in [0.3, 0.4) is 0 Å². The van der Waals surface area contributed by atoms with Gasteiger partial charge in [-0.3, -0.25) is 4.79 Å². The molecule has 0 saturated carbocycles. The Kier molecular flexibility index (Phi) is 4.43. The number of amides is 1. The third kappa shape index (κ3) is 3.20. The number of ether oxygens (including phenoxy) is 1. The standard InChI is InChI=1S/C18H21N7O2/c1-4-14(26)25-6-5-13(9-25)27-18-15-17(21-10-22-18)24(3)16(23-15)12-7-19-11(2)20-8-12/h7-8,10,13H,4-6,9H2,1-3H3. The Hall–Kier alpha value is -3.10. The lowest BCUT2D eigenvalue weighted by molar-refractivity contribution is -0.130. The number of aryl methyl sites for hydroxylation is 2. The molecule has 1 fully saturated rings. The summed E-state index contributed by atoms with van der Waals surface area (Å²) in [5.41, 5.74) is 2.07. The van der Waals surface area contributed by atoms with Crippen LogP contribution in [0, 0.1) is 6.92 Å². The van der Waals surface area contributed by atoms with Crippen LogP contribution in [0.5, 0.6) is 5.88 Å². The number of nitrogens with zero attached hydrogens (tertiary/aromatic N) is 7. The van der Waals surface area contributed by atoms with Crippen molar-refractivity contribution in [3.8, 4) is 17.3 Å². The summed E-state index contributed by atoms with van der Waals surface area (Å²) >= 11 is 0. The fraction of sp³-hybridized carbons (Fsp3) is 0.444. The molecule has 1 atom stereocenters. The minimum absolute atomic E-state index is 0.0910. The Morgan fingerprint density at radius 1 is 1.26 bits per heavy atom. The summed E-state index contributed by atoms with van der Waals surface area (Å²) in [6.07, 6.45) is 6.14. The van der Waals surface area contributed by atoms with Crippen molar-refractivity contribution in [3.05, 3.63) is 24.5 Å². The summed E-state index contributed by atoms with van der Waals surface area (Å²) in [7, 11) is 1.89. The number of hydrogen-bond donors (Lipinski definition) is 0. The number of hydrogen-bond acceptors (Lipinski definition) is 7. The van der Waals surface area contributed by atoms with Gasteiger partial charge < -0.3 is 14.2 Å². The van der Waals surface area contributed by atoms with E-state index in [0.717, 1.165) is 12.0 Å². The average molecular weight is 367 g/mol. The van der Waals surface area contributed by atoms with E-state index in [2.05, 4.69) is 24.9 Å². The predicted octanol–water partition coefficient (Wildman–Crippen LogP) is 1.52. The fourth-order valence-electron chi connectivity index (χ4n) is 3.26. The second kappa shape index (κ2) is 6.90. The molecule has 1 amide bonds. The van der Waals surface area contributed by atoms with Crippen LogP contribution < -0.4 is 4.74 Å². The molecule has 9 heteroatoms. The van der Waals surface area contributed by atoms with E-state index in [1.54, 1.807) is 12.4 Å². The van der Waals surface area contributed by atoms with Gasteiger partial charge in [-0.15, -0.1) is 0 Å². The number of likely N-dealkylation sites (tertiary alicyclic amines) is 1. The van der Waals surface area contributed by atoms with Gasteiger partial charge in [-0.1, -0.05) is 6.92 Å². The maximum Gasteiger partial charge on any atom is 0.245 e. The normalized spacial score (nSPS) is 16.9. The minimum atomic E-state index is -0.0910. The molecule has 1 aliphatic heterocycles. The van der Waals surface area contributed by atoms with E-state index in [-0.39, 0.29) is 12.0 Å². The number of carbonyl (C=O) groups is 1. The average Bonchev–Trinajstić information content (AvgIpc) is 3.28. The highest BCUT2D eigenvalue weighted by molar-refractivity contribution is 5.81. The summed E-state index contributed by atoms with van der Waals surface area (Å²) in [6.45, 7) is 4.99. The van der Waals surface area contributed by atoms with E-state index in [1.165, 1.54) is 6.33 Å². The van der Waals surface area contributed by atoms with Crippen LogP contribution in [0.25, 0.3) is 22.6 Å². The highest BCUT2D eigenvalue weighted by Crippen LogP contribution is 2.28. The molecule has 0 aromatic carbocycles. The van der Waals surface area contributed by atoms with Crippen molar-refractivity contribution < 1.29 is 9.53 Å². The van der Waals surface area contributed by atoms with Crippen LogP contribution in [0.1, 0.15) is 25.6 Å². The molecule has 0 aliphatic carbocycles. The van der Waals surface area contributed by atoms with E-state index in [9.17, 15) is 4.79 Å². The van der Waals surface area contributed by atoms with Crippen LogP contribution in [-0.4, -0.2) is 59.5 Å². The van der Waals surface area contributed by atoms with Gasteiger partial charge in [0, 0.05) is 38.8 Å². The largest absolute Gasteiger partial charge is 0.471 e. The first-order valence-corrected chi connectivity index (χ1v) is 8.97. The van der Waals surface area contributed by atoms with Gasteiger partial charge in [-0.2, -0.15) is 4.98 Å². The first-order valence-electron chi connectivity index (χ1n) is 8.97. The maximum atomic E-state index is 11.9. The maximum absolute atomic E-state index is 11.9. The molecule has 0 spiro atoms. The molecule has 3 aromatic rings. The lowest BCUT2D eigenvalue weighted by atomic mass is 10.3. The molecule has 9 nitrogen and oxygen atoms in total. The Morgan fingerprint density at radius 3 is 2.78 bits per heavy atom. The lowest BCUT2D eigenvalue weighted by Crippen LogP contribution is -2.30. The molecule has 3 aromatic heterocycles. The molecule has 4 rings (SSSR count). The van der Waals surface area contributed by atoms with E-state index in [1.807, 2.05) is 30.4 Å². The van der Waals surface area contributed by atoms with Crippen molar-refractivity contribution in [2.45, 2.75) is 32.8 Å². The molecular weight excluding hydrogens is 346 g/mol. The zero-order valence-electron chi connectivity index (χ0n) is 15.6. The number of fused-ring (bicyclic) bond motifs is 1. The first-order chi connectivity index (χ1) is 13.1. The molecule has 0 N–H and O–H groups in total. The van der Waals surface area contributed by atoms with Crippen LogP contribution in [0.15, 0.2) is 18.7 Å². The summed E-state index contributed by atoms with van der Waals surface area (Å²) in [4.78, 5) is 35.5. The van der Waals surface area contributed by atoms with Crippen molar-refractivity contribution in [2.24, 2.45) is 7.05 Å². The second-order valence-corrected chi connectivity index (χ2v) is 6.59. The second-order valence-electron chi connectivity index (χ2n) is 6.59. The Morgan fingerprint density at radius 2 is 2.04 bits per heavy atom. The number of imidazole rings is 1. The van der Waals surface area contributed by atoms with Crippen LogP contribution in [-0.2, 0) is 11.8 Å². The monoisotopic (exact) mass is 367 g/mol. The summed E-state index contributed by atoms with van der Waals surface area (Å²) in [5.74, 6) is 1.98. The Labute approximate surface area is 156 Å². The quantitative estimate of drug-likeness (QED) is 0.689. The molecule has 0 radical (unpaired) electrons. The first kappa shape index (κ1) is 17.3. The van der Waals surface area contributed by atoms with E-state index in [4.69, 9.17) is 4.74 Å². The third-order valence-corrected chi connectivity index (χ3v) is 4.74. The van der Waals surface area contributed by atoms with Crippen LogP contribution in [0.2, 0.25) is 0 Å². The van der Waals surface area contributed by atoms with Gasteiger partial charge in [-0.25, -0.2) is 19.9 Å². The predicted molar refractivity (Wildman–Crippen MR) is 98.0 cm³/mol. The number of aromatic nitrogens is 6. The van der Waals surface area contributed by atoms with Gasteiger partial charge in [0.25, 0.3) is 0 Å². The molecule has 1 unspecified atom stereocenters. The fourth-order valence-corrected chi connectivity index (χ4v) is 3.26. The molecule has 1 aliphatic rings. The van der Waals surface area contributed by atoms with E-state index >= 15 is 0 Å². The van der Waals surface area contributed by atoms with Gasteiger partial charge in [0.15, 0.2) is 11.2 Å². The smallest absolute Gasteiger partial charge is 0.245 e. The molecular formula is C18H21N7O2. The van der Waals surface area contributed by atoms with Crippen LogP contribution >= 0.6 is 0 Å². The minimum Gasteiger partial charge on any atom is -0.471 e. The molecule has 0 bridgehead atoms. The van der Waals surface area contributed by atoms with Crippen molar-refractivity contribution in [3.63, 3.8) is 0 Å². The molecule has 140 valence electrons. The molecule has 27 heavy (non-hydrogen) atoms. The molecule has 4 heterocycles. The SMILES string of the molecule is CCC(=O)N1CCC(Oc2ncnc3c2nc(-c2cnc(C)nc2)n3C)C1. The van der Waals surface area contributed by atoms with Gasteiger partial charge in [0.1, 0.15) is 24.1 Å². The zero-order valence-corrected chi connectivity index (χ0v) is 15.6. The third-order valence-electron chi connectivity index (χ3n) is 4.74. The van der Waals surface area contributed by atoms with Gasteiger partial charge in [0.2, 0.25) is 11.8 Å². The number of rotatable bonds is 4. The Bertz CT molecular complexity index is 983. The highest BCUT2D eigenvalue weighted by atomic mass is 16.5. The molecule has 1 saturated heterocycles. The van der Waals surface area contributed by atoms with Crippen molar-refractivity contribution in [2.75, 3.05) is 13.1 Å². The van der Waals surface area contributed by atoms with Crippen LogP contribution in [0.4, 0.5) is 0 Å². The van der Waals surface area contributed by atoms with E-state index in [0.29, 0.717) is 48.2 Å². The summed E-state index contributed by atoms with van der Waals surface area (Å²) in [5, 5.41) is 0. The van der Waals surface area contributed by atoms with Crippen molar-refractivity contribution in [1.82, 2.24) is 34.4 Å². The van der Waals surface area contributed by atoms with Crippen molar-refractivity contribution in [1.29, 1.82) is 0 Å². The lowest BCUT2D eigenvalue weighted by Gasteiger charge is -2.16. The zero-order chi connectivity index (χ0) is 19.0. The van der Waals surface area contributed by atoms with Crippen molar-refractivity contribution >= 4 is 17.1 Å². The summed E-state index contributed by atoms with van der Waals surface area (Å²) in [6, 6.07) is 0. The topological polar surface area (TPSA) is 98.9 Å². The van der Waals surface area contributed by atoms with E-state index < -0.39 is 0 Å². The van der Waals surface area contributed by atoms with Gasteiger partial charge in [-0.05, 0) is 6.92 Å². The highest BCUT2D eigenvalue weighted by Gasteiger charge is 2.28. The van der Waals surface area contributed by atoms with Gasteiger partial charge >= 0.3 is 0 Å². The van der Waals surface area contributed by atoms with Gasteiger partial charge in [0.05, 0.1) is 12.1 Å².